The summed E-state index contributed by atoms with van der Waals surface area (Å²) < 4.78 is 47.5. The molecule has 1 aromatic rings. The molecular weight excluding hydrogens is 269 g/mol. The van der Waals surface area contributed by atoms with Gasteiger partial charge in [0, 0.05) is 0 Å². The molecule has 1 aromatic carbocycles. The van der Waals surface area contributed by atoms with E-state index in [1.165, 1.54) is 0 Å². The van der Waals surface area contributed by atoms with E-state index in [1.54, 1.807) is 0 Å². The molecular formula is C11H9F3O5. The van der Waals surface area contributed by atoms with Crippen LogP contribution >= 0.6 is 0 Å². The molecule has 0 saturated heterocycles. The largest absolute Gasteiger partial charge is 0.497 e. The second-order valence-electron chi connectivity index (χ2n) is 3.39. The van der Waals surface area contributed by atoms with E-state index in [4.69, 9.17) is 5.11 Å². The number of carboxylic acids is 1. The Balaban J connectivity index is 3.62. The van der Waals surface area contributed by atoms with Crippen LogP contribution in [0.1, 0.15) is 15.9 Å². The van der Waals surface area contributed by atoms with E-state index in [-0.39, 0.29) is 5.75 Å². The fraction of sp³-hybridized carbons (Fsp3) is 0.273. The van der Waals surface area contributed by atoms with Crippen LogP contribution in [0.4, 0.5) is 13.2 Å². The van der Waals surface area contributed by atoms with Crippen molar-refractivity contribution in [2.75, 3.05) is 14.2 Å². The summed E-state index contributed by atoms with van der Waals surface area (Å²) in [4.78, 5) is 22.0. The third-order valence-electron chi connectivity index (χ3n) is 2.25. The van der Waals surface area contributed by atoms with Gasteiger partial charge in [0.2, 0.25) is 0 Å². The van der Waals surface area contributed by atoms with E-state index >= 15 is 0 Å². The molecule has 0 aromatic heterocycles. The summed E-state index contributed by atoms with van der Waals surface area (Å²) in [7, 11) is 2.01. The van der Waals surface area contributed by atoms with Crippen LogP contribution in [0.2, 0.25) is 0 Å². The van der Waals surface area contributed by atoms with Crippen molar-refractivity contribution in [2.24, 2.45) is 0 Å². The maximum absolute atomic E-state index is 12.8. The fourth-order valence-electron chi connectivity index (χ4n) is 1.43. The molecule has 1 N–H and O–H groups in total. The van der Waals surface area contributed by atoms with Crippen molar-refractivity contribution >= 4 is 11.8 Å². The lowest BCUT2D eigenvalue weighted by molar-refractivity contribution is -0.139. The van der Waals surface area contributed by atoms with Gasteiger partial charge in [0.05, 0.1) is 19.8 Å². The quantitative estimate of drug-likeness (QED) is 0.673. The summed E-state index contributed by atoms with van der Waals surface area (Å²) in [6.07, 6.45) is -4.81. The molecule has 0 spiro atoms. The highest BCUT2D eigenvalue weighted by atomic mass is 19.4. The molecule has 1 rings (SSSR count). The first-order valence-corrected chi connectivity index (χ1v) is 4.83. The first-order chi connectivity index (χ1) is 8.72. The number of rotatable bonds is 4. The number of halogens is 3. The van der Waals surface area contributed by atoms with Gasteiger partial charge in [0.25, 0.3) is 5.78 Å². The van der Waals surface area contributed by atoms with Crippen LogP contribution in [0.3, 0.4) is 0 Å². The molecule has 8 heteroatoms. The Morgan fingerprint density at radius 1 is 1.16 bits per heavy atom. The topological polar surface area (TPSA) is 72.8 Å². The zero-order valence-corrected chi connectivity index (χ0v) is 9.87. The van der Waals surface area contributed by atoms with Crippen LogP contribution in [-0.4, -0.2) is 31.1 Å². The van der Waals surface area contributed by atoms with E-state index in [9.17, 15) is 22.8 Å². The maximum atomic E-state index is 12.8. The number of Topliss-reactive ketones (excluding diaryl/α,β-unsaturated/α-hetero) is 1. The Morgan fingerprint density at radius 2 is 1.74 bits per heavy atom. The van der Waals surface area contributed by atoms with Gasteiger partial charge in [-0.15, -0.1) is 0 Å². The zero-order valence-electron chi connectivity index (χ0n) is 9.87. The van der Waals surface area contributed by atoms with Crippen LogP contribution in [0.15, 0.2) is 12.1 Å². The number of carbonyl (C=O) groups is 2. The number of ketones is 1. The summed E-state index contributed by atoms with van der Waals surface area (Å²) in [6, 6.07) is 1.50. The minimum Gasteiger partial charge on any atom is -0.497 e. The molecule has 0 heterocycles. The first kappa shape index (κ1) is 14.8. The molecule has 0 unspecified atom stereocenters. The van der Waals surface area contributed by atoms with Crippen molar-refractivity contribution in [1.29, 1.82) is 0 Å². The number of benzene rings is 1. The Hall–Kier alpha value is -2.25. The molecule has 19 heavy (non-hydrogen) atoms. The van der Waals surface area contributed by atoms with Crippen LogP contribution in [0, 0.1) is 0 Å². The number of aliphatic carboxylic acids is 1. The van der Waals surface area contributed by atoms with E-state index in [2.05, 4.69) is 9.47 Å². The summed E-state index contributed by atoms with van der Waals surface area (Å²) in [5.41, 5.74) is -2.00. The van der Waals surface area contributed by atoms with Crippen molar-refractivity contribution in [3.05, 3.63) is 23.3 Å². The number of hydrogen-bond donors (Lipinski definition) is 1. The number of alkyl halides is 3. The predicted molar refractivity (Wildman–Crippen MR) is 56.5 cm³/mol. The van der Waals surface area contributed by atoms with Crippen molar-refractivity contribution in [3.8, 4) is 11.5 Å². The van der Waals surface area contributed by atoms with Gasteiger partial charge in [0.15, 0.2) is 0 Å². The fourth-order valence-corrected chi connectivity index (χ4v) is 1.43. The molecule has 104 valence electrons. The highest BCUT2D eigenvalue weighted by Gasteiger charge is 2.38. The molecule has 0 fully saturated rings. The average molecular weight is 278 g/mol. The molecule has 0 radical (unpaired) electrons. The second-order valence-corrected chi connectivity index (χ2v) is 3.39. The van der Waals surface area contributed by atoms with Gasteiger partial charge < -0.3 is 14.6 Å². The molecule has 0 bridgehead atoms. The van der Waals surface area contributed by atoms with E-state index in [1.807, 2.05) is 0 Å². The first-order valence-electron chi connectivity index (χ1n) is 4.83. The number of methoxy groups -OCH3 is 2. The van der Waals surface area contributed by atoms with Gasteiger partial charge in [-0.3, -0.25) is 4.79 Å². The monoisotopic (exact) mass is 278 g/mol. The highest BCUT2D eigenvalue weighted by molar-refractivity contribution is 6.40. The van der Waals surface area contributed by atoms with Gasteiger partial charge in [-0.05, 0) is 12.1 Å². The van der Waals surface area contributed by atoms with Crippen molar-refractivity contribution in [2.45, 2.75) is 6.18 Å². The summed E-state index contributed by atoms with van der Waals surface area (Å²) >= 11 is 0. The third-order valence-corrected chi connectivity index (χ3v) is 2.25. The zero-order chi connectivity index (χ0) is 14.8. The minimum atomic E-state index is -4.81. The Bertz CT molecular complexity index is 522. The number of hydrogen-bond acceptors (Lipinski definition) is 4. The second kappa shape index (κ2) is 5.17. The normalized spacial score (nSPS) is 11.0. The lowest BCUT2D eigenvalue weighted by Crippen LogP contribution is -2.17. The molecule has 5 nitrogen and oxygen atoms in total. The van der Waals surface area contributed by atoms with E-state index in [0.29, 0.717) is 6.07 Å². The lowest BCUT2D eigenvalue weighted by atomic mass is 10.0. The van der Waals surface area contributed by atoms with Gasteiger partial charge in [-0.2, -0.15) is 13.2 Å². The molecule has 0 aliphatic carbocycles. The van der Waals surface area contributed by atoms with Crippen LogP contribution in [0.5, 0.6) is 11.5 Å². The van der Waals surface area contributed by atoms with Crippen molar-refractivity contribution in [1.82, 2.24) is 0 Å². The maximum Gasteiger partial charge on any atom is 0.420 e. The molecule has 0 aliphatic heterocycles. The van der Waals surface area contributed by atoms with Gasteiger partial charge in [0.1, 0.15) is 17.1 Å². The SMILES string of the molecule is COc1cc(C(=O)C(=O)O)c(OC)c(C(F)(F)F)c1. The number of carboxylic acid groups (broad SMARTS) is 1. The Morgan fingerprint density at radius 3 is 2.11 bits per heavy atom. The molecule has 0 saturated carbocycles. The lowest BCUT2D eigenvalue weighted by Gasteiger charge is -2.16. The minimum absolute atomic E-state index is 0.294. The number of carbonyl (C=O) groups excluding carboxylic acids is 1. The summed E-state index contributed by atoms with van der Waals surface area (Å²) in [5, 5.41) is 8.59. The smallest absolute Gasteiger partial charge is 0.420 e. The highest BCUT2D eigenvalue weighted by Crippen LogP contribution is 2.40. The summed E-state index contributed by atoms with van der Waals surface area (Å²) in [5.74, 6) is -4.54. The molecule has 0 atom stereocenters. The van der Waals surface area contributed by atoms with Gasteiger partial charge >= 0.3 is 12.1 Å². The van der Waals surface area contributed by atoms with Crippen LogP contribution < -0.4 is 9.47 Å². The van der Waals surface area contributed by atoms with Crippen LogP contribution in [0.25, 0.3) is 0 Å². The Kier molecular flexibility index (Phi) is 4.03. The molecule has 0 amide bonds. The van der Waals surface area contributed by atoms with Crippen LogP contribution in [-0.2, 0) is 11.0 Å². The number of ether oxygens (including phenoxy) is 2. The summed E-state index contributed by atoms with van der Waals surface area (Å²) in [6.45, 7) is 0. The molecule has 0 aliphatic rings. The average Bonchev–Trinajstić information content (AvgIpc) is 2.34. The van der Waals surface area contributed by atoms with Gasteiger partial charge in [-0.1, -0.05) is 0 Å². The Labute approximate surface area is 105 Å². The van der Waals surface area contributed by atoms with Gasteiger partial charge in [-0.25, -0.2) is 4.79 Å². The third kappa shape index (κ3) is 2.95. The predicted octanol–water partition coefficient (Wildman–Crippen LogP) is 1.99. The van der Waals surface area contributed by atoms with E-state index in [0.717, 1.165) is 20.3 Å². The van der Waals surface area contributed by atoms with Crippen molar-refractivity contribution < 1.29 is 37.3 Å². The standard InChI is InChI=1S/C11H9F3O5/c1-18-5-3-6(8(15)10(16)17)9(19-2)7(4-5)11(12,13)14/h3-4H,1-2H3,(H,16,17). The van der Waals surface area contributed by atoms with Crippen molar-refractivity contribution in [3.63, 3.8) is 0 Å². The van der Waals surface area contributed by atoms with E-state index < -0.39 is 34.8 Å².